The lowest BCUT2D eigenvalue weighted by molar-refractivity contribution is -0.131. The van der Waals surface area contributed by atoms with Gasteiger partial charge in [-0.2, -0.15) is 0 Å². The van der Waals surface area contributed by atoms with Crippen LogP contribution in [0.4, 0.5) is 0 Å². The molecule has 3 N–H and O–H groups in total. The second-order valence-corrected chi connectivity index (χ2v) is 4.04. The molecule has 0 aliphatic rings. The first-order valence-corrected chi connectivity index (χ1v) is 4.63. The van der Waals surface area contributed by atoms with Gasteiger partial charge >= 0.3 is 5.97 Å². The van der Waals surface area contributed by atoms with Gasteiger partial charge in [0.2, 0.25) is 0 Å². The van der Waals surface area contributed by atoms with Crippen LogP contribution < -0.4 is 5.32 Å². The molecule has 0 heterocycles. The minimum absolute atomic E-state index is 0.127. The predicted octanol–water partition coefficient (Wildman–Crippen LogP) is 0.768. The standard InChI is InChI=1S/C10H19NO3/c1-8(6-9(13)14)7-11-10(2,3)4-5-12/h6,11-12H,4-5,7H2,1-3H3,(H,13,14). The quantitative estimate of drug-likeness (QED) is 0.555. The third kappa shape index (κ3) is 6.62. The number of hydrogen-bond donors (Lipinski definition) is 3. The lowest BCUT2D eigenvalue weighted by Gasteiger charge is -2.25. The number of hydrogen-bond acceptors (Lipinski definition) is 3. The van der Waals surface area contributed by atoms with E-state index in [1.807, 2.05) is 13.8 Å². The van der Waals surface area contributed by atoms with E-state index in [1.54, 1.807) is 6.92 Å². The van der Waals surface area contributed by atoms with Gasteiger partial charge in [0.05, 0.1) is 0 Å². The average molecular weight is 201 g/mol. The van der Waals surface area contributed by atoms with Crippen molar-refractivity contribution in [2.24, 2.45) is 0 Å². The van der Waals surface area contributed by atoms with Crippen LogP contribution in [0, 0.1) is 0 Å². The molecule has 0 saturated heterocycles. The van der Waals surface area contributed by atoms with Gasteiger partial charge in [0.1, 0.15) is 0 Å². The van der Waals surface area contributed by atoms with Crippen molar-refractivity contribution < 1.29 is 15.0 Å². The molecule has 0 aromatic rings. The van der Waals surface area contributed by atoms with E-state index in [-0.39, 0.29) is 12.1 Å². The highest BCUT2D eigenvalue weighted by Crippen LogP contribution is 2.07. The third-order valence-electron chi connectivity index (χ3n) is 1.95. The Kier molecular flexibility index (Phi) is 5.42. The number of aliphatic hydroxyl groups excluding tert-OH is 1. The van der Waals surface area contributed by atoms with Crippen molar-refractivity contribution in [1.82, 2.24) is 5.32 Å². The van der Waals surface area contributed by atoms with E-state index in [9.17, 15) is 4.79 Å². The molecule has 0 spiro atoms. The molecule has 0 atom stereocenters. The summed E-state index contributed by atoms with van der Waals surface area (Å²) < 4.78 is 0. The summed E-state index contributed by atoms with van der Waals surface area (Å²) in [6.45, 7) is 6.35. The van der Waals surface area contributed by atoms with Crippen molar-refractivity contribution in [3.8, 4) is 0 Å². The van der Waals surface area contributed by atoms with Crippen LogP contribution in [0.25, 0.3) is 0 Å². The lowest BCUT2D eigenvalue weighted by atomic mass is 10.0. The summed E-state index contributed by atoms with van der Waals surface area (Å²) in [7, 11) is 0. The monoisotopic (exact) mass is 201 g/mol. The van der Waals surface area contributed by atoms with E-state index in [0.717, 1.165) is 5.57 Å². The van der Waals surface area contributed by atoms with E-state index < -0.39 is 5.97 Å². The van der Waals surface area contributed by atoms with E-state index in [2.05, 4.69) is 5.32 Å². The van der Waals surface area contributed by atoms with Crippen LogP contribution in [0.15, 0.2) is 11.6 Å². The molecule has 0 saturated carbocycles. The van der Waals surface area contributed by atoms with Crippen molar-refractivity contribution in [2.45, 2.75) is 32.7 Å². The molecule has 82 valence electrons. The zero-order chi connectivity index (χ0) is 11.2. The smallest absolute Gasteiger partial charge is 0.328 e. The van der Waals surface area contributed by atoms with Crippen molar-refractivity contribution in [2.75, 3.05) is 13.2 Å². The number of aliphatic carboxylic acids is 1. The van der Waals surface area contributed by atoms with E-state index >= 15 is 0 Å². The molecule has 0 aromatic carbocycles. The molecule has 0 rings (SSSR count). The molecular weight excluding hydrogens is 182 g/mol. The second-order valence-electron chi connectivity index (χ2n) is 4.04. The Morgan fingerprint density at radius 3 is 2.50 bits per heavy atom. The molecule has 4 nitrogen and oxygen atoms in total. The van der Waals surface area contributed by atoms with Crippen LogP contribution in [0.1, 0.15) is 27.2 Å². The van der Waals surface area contributed by atoms with Gasteiger partial charge in [-0.1, -0.05) is 5.57 Å². The maximum atomic E-state index is 10.3. The summed E-state index contributed by atoms with van der Waals surface area (Å²) in [5.74, 6) is -0.927. The molecule has 0 radical (unpaired) electrons. The summed E-state index contributed by atoms with van der Waals surface area (Å²) in [5.41, 5.74) is 0.603. The van der Waals surface area contributed by atoms with Crippen molar-refractivity contribution in [3.05, 3.63) is 11.6 Å². The maximum absolute atomic E-state index is 10.3. The number of carboxylic acid groups (broad SMARTS) is 1. The van der Waals surface area contributed by atoms with Crippen molar-refractivity contribution >= 4 is 5.97 Å². The highest BCUT2D eigenvalue weighted by molar-refractivity contribution is 5.80. The maximum Gasteiger partial charge on any atom is 0.328 e. The topological polar surface area (TPSA) is 69.6 Å². The van der Waals surface area contributed by atoms with E-state index in [0.29, 0.717) is 13.0 Å². The summed E-state index contributed by atoms with van der Waals surface area (Å²) in [5, 5.41) is 20.4. The Hall–Kier alpha value is -0.870. The third-order valence-corrected chi connectivity index (χ3v) is 1.95. The highest BCUT2D eigenvalue weighted by atomic mass is 16.4. The minimum atomic E-state index is -0.927. The molecule has 0 aromatic heterocycles. The van der Waals surface area contributed by atoms with Gasteiger partial charge < -0.3 is 15.5 Å². The van der Waals surface area contributed by atoms with Crippen molar-refractivity contribution in [3.63, 3.8) is 0 Å². The molecular formula is C10H19NO3. The number of aliphatic hydroxyl groups is 1. The summed E-state index contributed by atoms with van der Waals surface area (Å²) in [6.07, 6.45) is 1.83. The molecule has 4 heteroatoms. The minimum Gasteiger partial charge on any atom is -0.478 e. The van der Waals surface area contributed by atoms with E-state index in [1.165, 1.54) is 6.08 Å². The molecule has 0 fully saturated rings. The molecule has 14 heavy (non-hydrogen) atoms. The van der Waals surface area contributed by atoms with Gasteiger partial charge in [-0.3, -0.25) is 0 Å². The fourth-order valence-electron chi connectivity index (χ4n) is 1.01. The summed E-state index contributed by atoms with van der Waals surface area (Å²) >= 11 is 0. The Morgan fingerprint density at radius 2 is 2.07 bits per heavy atom. The first-order chi connectivity index (χ1) is 6.37. The molecule has 0 aliphatic carbocycles. The Bertz CT molecular complexity index is 221. The highest BCUT2D eigenvalue weighted by Gasteiger charge is 2.15. The first kappa shape index (κ1) is 13.1. The van der Waals surface area contributed by atoms with Gasteiger partial charge in [0.15, 0.2) is 0 Å². The average Bonchev–Trinajstić information content (AvgIpc) is 2.00. The first-order valence-electron chi connectivity index (χ1n) is 4.63. The summed E-state index contributed by atoms with van der Waals surface area (Å²) in [6, 6.07) is 0. The largest absolute Gasteiger partial charge is 0.478 e. The Labute approximate surface area is 84.6 Å². The van der Waals surface area contributed by atoms with Crippen LogP contribution in [-0.2, 0) is 4.79 Å². The van der Waals surface area contributed by atoms with Gasteiger partial charge in [-0.25, -0.2) is 4.79 Å². The summed E-state index contributed by atoms with van der Waals surface area (Å²) in [4.78, 5) is 10.3. The fraction of sp³-hybridized carbons (Fsp3) is 0.700. The molecule has 0 bridgehead atoms. The molecule has 0 amide bonds. The second kappa shape index (κ2) is 5.78. The number of nitrogens with one attached hydrogen (secondary N) is 1. The molecule has 0 aliphatic heterocycles. The fourth-order valence-corrected chi connectivity index (χ4v) is 1.01. The number of carboxylic acids is 1. The van der Waals surface area contributed by atoms with Crippen LogP contribution in [0.2, 0.25) is 0 Å². The van der Waals surface area contributed by atoms with Crippen LogP contribution in [0.5, 0.6) is 0 Å². The van der Waals surface area contributed by atoms with Gasteiger partial charge in [-0.05, 0) is 27.2 Å². The van der Waals surface area contributed by atoms with Gasteiger partial charge in [-0.15, -0.1) is 0 Å². The Balaban J connectivity index is 3.98. The SMILES string of the molecule is CC(=CC(=O)O)CNC(C)(C)CCO. The van der Waals surface area contributed by atoms with E-state index in [4.69, 9.17) is 10.2 Å². The lowest BCUT2D eigenvalue weighted by Crippen LogP contribution is -2.40. The van der Waals surface area contributed by atoms with Gasteiger partial charge in [0.25, 0.3) is 0 Å². The normalized spacial score (nSPS) is 13.0. The van der Waals surface area contributed by atoms with Crippen molar-refractivity contribution in [1.29, 1.82) is 0 Å². The molecule has 0 unspecified atom stereocenters. The van der Waals surface area contributed by atoms with Gasteiger partial charge in [0, 0.05) is 24.8 Å². The number of rotatable bonds is 6. The predicted molar refractivity (Wildman–Crippen MR) is 55.2 cm³/mol. The Morgan fingerprint density at radius 1 is 1.50 bits per heavy atom. The van der Waals surface area contributed by atoms with Crippen LogP contribution in [0.3, 0.4) is 0 Å². The van der Waals surface area contributed by atoms with Crippen LogP contribution in [-0.4, -0.2) is 34.9 Å². The van der Waals surface area contributed by atoms with Crippen LogP contribution >= 0.6 is 0 Å². The zero-order valence-electron chi connectivity index (χ0n) is 9.00. The number of carbonyl (C=O) groups is 1. The zero-order valence-corrected chi connectivity index (χ0v) is 9.00.